The number of hydrogen-bond acceptors (Lipinski definition) is 4. The summed E-state index contributed by atoms with van der Waals surface area (Å²) in [6.07, 6.45) is 0. The van der Waals surface area contributed by atoms with Crippen molar-refractivity contribution in [2.75, 3.05) is 5.73 Å². The number of aryl methyl sites for hydroxylation is 1. The Morgan fingerprint density at radius 1 is 1.32 bits per heavy atom. The lowest BCUT2D eigenvalue weighted by Crippen LogP contribution is -2.22. The molecule has 0 radical (unpaired) electrons. The molecule has 2 heterocycles. The first-order valence-corrected chi connectivity index (χ1v) is 7.93. The van der Waals surface area contributed by atoms with Gasteiger partial charge in [0.15, 0.2) is 0 Å². The molecule has 0 spiro atoms. The second kappa shape index (κ2) is 5.94. The molecule has 0 saturated carbocycles. The smallest absolute Gasteiger partial charge is 0.263 e. The van der Waals surface area contributed by atoms with Gasteiger partial charge >= 0.3 is 0 Å². The molecule has 0 fully saturated rings. The highest BCUT2D eigenvalue weighted by Crippen LogP contribution is 2.32. The second-order valence-electron chi connectivity index (χ2n) is 4.92. The van der Waals surface area contributed by atoms with Crippen LogP contribution in [0.25, 0.3) is 10.2 Å². The molecule has 112 valence electrons. The molecule has 0 aliphatic carbocycles. The maximum absolute atomic E-state index is 12.4. The van der Waals surface area contributed by atoms with Crippen LogP contribution in [0.5, 0.6) is 0 Å². The van der Waals surface area contributed by atoms with Gasteiger partial charge in [0.1, 0.15) is 9.71 Å². The molecule has 0 unspecified atom stereocenters. The van der Waals surface area contributed by atoms with Crippen molar-refractivity contribution in [3.63, 3.8) is 0 Å². The average molecular weight is 332 g/mol. The molecule has 2 aromatic heterocycles. The minimum Gasteiger partial charge on any atom is -0.397 e. The molecule has 6 heteroatoms. The zero-order chi connectivity index (χ0) is 15.7. The quantitative estimate of drug-likeness (QED) is 0.767. The summed E-state index contributed by atoms with van der Waals surface area (Å²) in [6.45, 7) is 2.27. The summed E-state index contributed by atoms with van der Waals surface area (Å²) in [7, 11) is 0. The van der Waals surface area contributed by atoms with E-state index in [0.29, 0.717) is 22.1 Å². The van der Waals surface area contributed by atoms with Crippen LogP contribution in [0.1, 0.15) is 20.9 Å². The van der Waals surface area contributed by atoms with E-state index in [9.17, 15) is 4.79 Å². The molecule has 0 aliphatic heterocycles. The summed E-state index contributed by atoms with van der Waals surface area (Å²) < 4.78 is 0. The highest BCUT2D eigenvalue weighted by molar-refractivity contribution is 7.21. The highest BCUT2D eigenvalue weighted by Gasteiger charge is 2.17. The molecule has 4 nitrogen and oxygen atoms in total. The highest BCUT2D eigenvalue weighted by atomic mass is 35.5. The first-order valence-electron chi connectivity index (χ1n) is 6.73. The van der Waals surface area contributed by atoms with E-state index in [1.54, 1.807) is 6.07 Å². The number of halogens is 1. The molecule has 1 amide bonds. The van der Waals surface area contributed by atoms with Gasteiger partial charge in [0.2, 0.25) is 0 Å². The minimum absolute atomic E-state index is 0.210. The van der Waals surface area contributed by atoms with Crippen molar-refractivity contribution in [3.05, 3.63) is 57.6 Å². The topological polar surface area (TPSA) is 68.0 Å². The molecule has 3 N–H and O–H groups in total. The summed E-state index contributed by atoms with van der Waals surface area (Å²) >= 11 is 7.39. The van der Waals surface area contributed by atoms with Gasteiger partial charge in [0, 0.05) is 22.6 Å². The largest absolute Gasteiger partial charge is 0.397 e. The van der Waals surface area contributed by atoms with Gasteiger partial charge in [0.25, 0.3) is 5.91 Å². The van der Waals surface area contributed by atoms with Crippen LogP contribution in [0.15, 0.2) is 36.4 Å². The van der Waals surface area contributed by atoms with Gasteiger partial charge in [-0.1, -0.05) is 29.8 Å². The summed E-state index contributed by atoms with van der Waals surface area (Å²) in [5, 5.41) is 4.30. The Kier molecular flexibility index (Phi) is 4.00. The minimum atomic E-state index is -0.210. The van der Waals surface area contributed by atoms with Crippen LogP contribution in [0.3, 0.4) is 0 Å². The van der Waals surface area contributed by atoms with Gasteiger partial charge in [0.05, 0.1) is 5.69 Å². The molecule has 0 bridgehead atoms. The molecule has 0 saturated heterocycles. The number of carbonyl (C=O) groups is 1. The summed E-state index contributed by atoms with van der Waals surface area (Å²) in [4.78, 5) is 18.0. The van der Waals surface area contributed by atoms with E-state index in [4.69, 9.17) is 17.3 Å². The lowest BCUT2D eigenvalue weighted by Gasteiger charge is -2.06. The van der Waals surface area contributed by atoms with Crippen molar-refractivity contribution in [3.8, 4) is 0 Å². The molecule has 3 rings (SSSR count). The van der Waals surface area contributed by atoms with Gasteiger partial charge in [-0.2, -0.15) is 0 Å². The Labute approximate surface area is 136 Å². The second-order valence-corrected chi connectivity index (χ2v) is 6.33. The SMILES string of the molecule is Cc1ccc2c(N)c(C(=O)NCc3ccccc3Cl)sc2n1. The zero-order valence-corrected chi connectivity index (χ0v) is 13.5. The Bertz CT molecular complexity index is 860. The summed E-state index contributed by atoms with van der Waals surface area (Å²) in [5.41, 5.74) is 8.32. The van der Waals surface area contributed by atoms with Crippen LogP contribution in [-0.4, -0.2) is 10.9 Å². The van der Waals surface area contributed by atoms with E-state index in [0.717, 1.165) is 21.5 Å². The monoisotopic (exact) mass is 331 g/mol. The third-order valence-corrected chi connectivity index (χ3v) is 4.82. The van der Waals surface area contributed by atoms with Crippen molar-refractivity contribution in [1.29, 1.82) is 0 Å². The predicted octanol–water partition coefficient (Wildman–Crippen LogP) is 3.77. The van der Waals surface area contributed by atoms with Crippen LogP contribution in [0.4, 0.5) is 5.69 Å². The Morgan fingerprint density at radius 3 is 2.86 bits per heavy atom. The van der Waals surface area contributed by atoms with Crippen LogP contribution < -0.4 is 11.1 Å². The summed E-state index contributed by atoms with van der Waals surface area (Å²) in [5.74, 6) is -0.210. The van der Waals surface area contributed by atoms with Gasteiger partial charge in [-0.05, 0) is 30.7 Å². The Morgan fingerprint density at radius 2 is 2.09 bits per heavy atom. The maximum atomic E-state index is 12.4. The Hall–Kier alpha value is -2.11. The predicted molar refractivity (Wildman–Crippen MR) is 91.4 cm³/mol. The van der Waals surface area contributed by atoms with Gasteiger partial charge < -0.3 is 11.1 Å². The number of pyridine rings is 1. The Balaban J connectivity index is 1.83. The van der Waals surface area contributed by atoms with E-state index in [1.807, 2.05) is 37.3 Å². The number of nitrogens with two attached hydrogens (primary N) is 1. The van der Waals surface area contributed by atoms with E-state index < -0.39 is 0 Å². The lowest BCUT2D eigenvalue weighted by molar-refractivity contribution is 0.0956. The van der Waals surface area contributed by atoms with Crippen LogP contribution in [0, 0.1) is 6.92 Å². The van der Waals surface area contributed by atoms with Crippen molar-refractivity contribution < 1.29 is 4.79 Å². The van der Waals surface area contributed by atoms with Gasteiger partial charge in [-0.3, -0.25) is 4.79 Å². The molecule has 0 atom stereocenters. The van der Waals surface area contributed by atoms with E-state index in [2.05, 4.69) is 10.3 Å². The molecule has 1 aromatic carbocycles. The fourth-order valence-electron chi connectivity index (χ4n) is 2.16. The van der Waals surface area contributed by atoms with Crippen molar-refractivity contribution >= 4 is 44.7 Å². The zero-order valence-electron chi connectivity index (χ0n) is 11.9. The number of nitrogens with zero attached hydrogens (tertiary/aromatic N) is 1. The number of nitrogen functional groups attached to an aromatic ring is 1. The van der Waals surface area contributed by atoms with Gasteiger partial charge in [-0.15, -0.1) is 11.3 Å². The molecule has 22 heavy (non-hydrogen) atoms. The number of anilines is 1. The third-order valence-electron chi connectivity index (χ3n) is 3.34. The van der Waals surface area contributed by atoms with E-state index in [-0.39, 0.29) is 5.91 Å². The van der Waals surface area contributed by atoms with Gasteiger partial charge in [-0.25, -0.2) is 4.98 Å². The summed E-state index contributed by atoms with van der Waals surface area (Å²) in [6, 6.07) is 11.2. The first kappa shape index (κ1) is 14.8. The number of thiophene rings is 1. The maximum Gasteiger partial charge on any atom is 0.263 e. The van der Waals surface area contributed by atoms with Crippen LogP contribution in [0.2, 0.25) is 5.02 Å². The molecular weight excluding hydrogens is 318 g/mol. The first-order chi connectivity index (χ1) is 10.6. The number of nitrogens with one attached hydrogen (secondary N) is 1. The van der Waals surface area contributed by atoms with Crippen LogP contribution >= 0.6 is 22.9 Å². The fraction of sp³-hybridized carbons (Fsp3) is 0.125. The number of amides is 1. The average Bonchev–Trinajstić information content (AvgIpc) is 2.82. The lowest BCUT2D eigenvalue weighted by atomic mass is 10.2. The number of benzene rings is 1. The number of fused-ring (bicyclic) bond motifs is 1. The van der Waals surface area contributed by atoms with Crippen molar-refractivity contribution in [2.45, 2.75) is 13.5 Å². The number of hydrogen-bond donors (Lipinski definition) is 2. The molecular formula is C16H14ClN3OS. The number of aromatic nitrogens is 1. The van der Waals surface area contributed by atoms with Crippen molar-refractivity contribution in [2.24, 2.45) is 0 Å². The fourth-order valence-corrected chi connectivity index (χ4v) is 3.41. The number of carbonyl (C=O) groups excluding carboxylic acids is 1. The third kappa shape index (κ3) is 2.77. The molecule has 0 aliphatic rings. The molecule has 3 aromatic rings. The standard InChI is InChI=1S/C16H14ClN3OS/c1-9-6-7-11-13(18)14(22-16(11)20-9)15(21)19-8-10-4-2-3-5-12(10)17/h2-7H,8,18H2,1H3,(H,19,21). The van der Waals surface area contributed by atoms with E-state index >= 15 is 0 Å². The van der Waals surface area contributed by atoms with E-state index in [1.165, 1.54) is 11.3 Å². The van der Waals surface area contributed by atoms with Crippen LogP contribution in [-0.2, 0) is 6.54 Å². The number of rotatable bonds is 3. The van der Waals surface area contributed by atoms with Crippen molar-refractivity contribution in [1.82, 2.24) is 10.3 Å². The normalized spacial score (nSPS) is 10.8.